The largest absolute Gasteiger partial charge is 0.314 e. The molecule has 1 heterocycles. The average Bonchev–Trinajstić information content (AvgIpc) is 2.88. The monoisotopic (exact) mass is 291 g/mol. The van der Waals surface area contributed by atoms with Crippen LogP contribution in [0.25, 0.3) is 0 Å². The summed E-state index contributed by atoms with van der Waals surface area (Å²) >= 11 is 2.04. The lowest BCUT2D eigenvalue weighted by Crippen LogP contribution is -2.29. The van der Waals surface area contributed by atoms with E-state index in [1.54, 1.807) is 5.56 Å². The number of rotatable bonds is 9. The van der Waals surface area contributed by atoms with Gasteiger partial charge in [-0.2, -0.15) is 0 Å². The normalized spacial score (nSPS) is 19.0. The molecule has 0 saturated carbocycles. The number of nitrogens with one attached hydrogen (secondary N) is 1. The lowest BCUT2D eigenvalue weighted by Gasteiger charge is -2.19. The SMILES string of the molecule is CCCNC(CCC)CCCC1CSc2ccccc21. The van der Waals surface area contributed by atoms with Crippen LogP contribution >= 0.6 is 11.8 Å². The molecule has 1 aliphatic heterocycles. The summed E-state index contributed by atoms with van der Waals surface area (Å²) in [4.78, 5) is 1.52. The van der Waals surface area contributed by atoms with E-state index in [4.69, 9.17) is 0 Å². The highest BCUT2D eigenvalue weighted by atomic mass is 32.2. The predicted molar refractivity (Wildman–Crippen MR) is 90.7 cm³/mol. The molecule has 112 valence electrons. The summed E-state index contributed by atoms with van der Waals surface area (Å²) in [6.45, 7) is 5.72. The van der Waals surface area contributed by atoms with Crippen LogP contribution in [0.1, 0.15) is 63.9 Å². The van der Waals surface area contributed by atoms with E-state index in [0.717, 1.165) is 12.0 Å². The first-order valence-corrected chi connectivity index (χ1v) is 9.28. The summed E-state index contributed by atoms with van der Waals surface area (Å²) in [7, 11) is 0. The Labute approximate surface area is 128 Å². The second-order valence-electron chi connectivity index (χ2n) is 5.92. The van der Waals surface area contributed by atoms with Crippen LogP contribution < -0.4 is 5.32 Å². The quantitative estimate of drug-likeness (QED) is 0.670. The fourth-order valence-electron chi connectivity index (χ4n) is 3.12. The Morgan fingerprint density at radius 3 is 2.85 bits per heavy atom. The van der Waals surface area contributed by atoms with Gasteiger partial charge < -0.3 is 5.32 Å². The molecule has 2 rings (SSSR count). The minimum Gasteiger partial charge on any atom is -0.314 e. The van der Waals surface area contributed by atoms with Crippen molar-refractivity contribution in [3.8, 4) is 0 Å². The highest BCUT2D eigenvalue weighted by Crippen LogP contribution is 2.41. The number of thioether (sulfide) groups is 1. The van der Waals surface area contributed by atoms with E-state index in [1.807, 2.05) is 11.8 Å². The molecule has 0 spiro atoms. The second-order valence-corrected chi connectivity index (χ2v) is 6.98. The minimum atomic E-state index is 0.740. The van der Waals surface area contributed by atoms with Crippen molar-refractivity contribution in [3.63, 3.8) is 0 Å². The molecule has 1 N–H and O–H groups in total. The van der Waals surface area contributed by atoms with E-state index in [1.165, 1.54) is 55.7 Å². The molecule has 0 bridgehead atoms. The van der Waals surface area contributed by atoms with Crippen molar-refractivity contribution in [1.29, 1.82) is 0 Å². The van der Waals surface area contributed by atoms with Crippen molar-refractivity contribution in [2.45, 2.75) is 69.2 Å². The van der Waals surface area contributed by atoms with Gasteiger partial charge in [0.1, 0.15) is 0 Å². The van der Waals surface area contributed by atoms with Gasteiger partial charge in [-0.05, 0) is 49.8 Å². The highest BCUT2D eigenvalue weighted by molar-refractivity contribution is 7.99. The zero-order valence-corrected chi connectivity index (χ0v) is 13.8. The van der Waals surface area contributed by atoms with Gasteiger partial charge in [-0.15, -0.1) is 11.8 Å². The third kappa shape index (κ3) is 4.53. The van der Waals surface area contributed by atoms with Crippen LogP contribution in [0.4, 0.5) is 0 Å². The molecular formula is C18H29NS. The predicted octanol–water partition coefficient (Wildman–Crippen LogP) is 5.21. The van der Waals surface area contributed by atoms with E-state index in [9.17, 15) is 0 Å². The van der Waals surface area contributed by atoms with E-state index in [0.29, 0.717) is 0 Å². The van der Waals surface area contributed by atoms with Crippen LogP contribution in [0.3, 0.4) is 0 Å². The molecule has 1 aliphatic rings. The van der Waals surface area contributed by atoms with Gasteiger partial charge in [0, 0.05) is 16.7 Å². The maximum atomic E-state index is 3.71. The second kappa shape index (κ2) is 8.74. The van der Waals surface area contributed by atoms with Crippen LogP contribution in [-0.4, -0.2) is 18.3 Å². The van der Waals surface area contributed by atoms with Crippen molar-refractivity contribution in [2.24, 2.45) is 0 Å². The van der Waals surface area contributed by atoms with Gasteiger partial charge in [-0.1, -0.05) is 44.9 Å². The van der Waals surface area contributed by atoms with Crippen molar-refractivity contribution < 1.29 is 0 Å². The van der Waals surface area contributed by atoms with Crippen LogP contribution in [0.2, 0.25) is 0 Å². The Kier molecular flexibility index (Phi) is 6.95. The molecular weight excluding hydrogens is 262 g/mol. The first-order chi connectivity index (χ1) is 9.85. The van der Waals surface area contributed by atoms with Crippen LogP contribution in [0, 0.1) is 0 Å². The van der Waals surface area contributed by atoms with E-state index >= 15 is 0 Å². The summed E-state index contributed by atoms with van der Waals surface area (Å²) in [6.07, 6.45) is 7.93. The first-order valence-electron chi connectivity index (χ1n) is 8.30. The topological polar surface area (TPSA) is 12.0 Å². The number of fused-ring (bicyclic) bond motifs is 1. The van der Waals surface area contributed by atoms with Crippen molar-refractivity contribution in [2.75, 3.05) is 12.3 Å². The standard InChI is InChI=1S/C18H29NS/c1-3-8-16(19-13-4-2)10-7-9-15-14-20-18-12-6-5-11-17(15)18/h5-6,11-12,15-16,19H,3-4,7-10,13-14H2,1-2H3. The Hall–Kier alpha value is -0.470. The Bertz CT molecular complexity index is 391. The van der Waals surface area contributed by atoms with Crippen molar-refractivity contribution in [3.05, 3.63) is 29.8 Å². The van der Waals surface area contributed by atoms with Gasteiger partial charge in [0.15, 0.2) is 0 Å². The van der Waals surface area contributed by atoms with Crippen LogP contribution in [0.5, 0.6) is 0 Å². The summed E-state index contributed by atoms with van der Waals surface area (Å²) in [6, 6.07) is 9.71. The summed E-state index contributed by atoms with van der Waals surface area (Å²) in [5, 5.41) is 3.71. The molecule has 0 aromatic heterocycles. The number of hydrogen-bond donors (Lipinski definition) is 1. The molecule has 2 heteroatoms. The number of benzene rings is 1. The van der Waals surface area contributed by atoms with E-state index in [2.05, 4.69) is 43.4 Å². The maximum absolute atomic E-state index is 3.71. The van der Waals surface area contributed by atoms with Crippen molar-refractivity contribution >= 4 is 11.8 Å². The molecule has 2 unspecified atom stereocenters. The van der Waals surface area contributed by atoms with Gasteiger partial charge in [0.25, 0.3) is 0 Å². The number of hydrogen-bond acceptors (Lipinski definition) is 2. The van der Waals surface area contributed by atoms with Gasteiger partial charge in [0.2, 0.25) is 0 Å². The lowest BCUT2D eigenvalue weighted by molar-refractivity contribution is 0.426. The zero-order chi connectivity index (χ0) is 14.2. The highest BCUT2D eigenvalue weighted by Gasteiger charge is 2.22. The summed E-state index contributed by atoms with van der Waals surface area (Å²) < 4.78 is 0. The summed E-state index contributed by atoms with van der Waals surface area (Å²) in [5.41, 5.74) is 1.60. The molecule has 0 saturated heterocycles. The molecule has 0 radical (unpaired) electrons. The Balaban J connectivity index is 1.75. The van der Waals surface area contributed by atoms with Crippen LogP contribution in [0.15, 0.2) is 29.2 Å². The fourth-order valence-corrected chi connectivity index (χ4v) is 4.43. The molecule has 1 nitrogen and oxygen atoms in total. The molecule has 1 aromatic carbocycles. The van der Waals surface area contributed by atoms with Crippen molar-refractivity contribution in [1.82, 2.24) is 5.32 Å². The third-order valence-corrected chi connectivity index (χ3v) is 5.48. The minimum absolute atomic E-state index is 0.740. The molecule has 0 fully saturated rings. The van der Waals surface area contributed by atoms with Crippen LogP contribution in [-0.2, 0) is 0 Å². The molecule has 1 aromatic rings. The third-order valence-electron chi connectivity index (χ3n) is 4.22. The fraction of sp³-hybridized carbons (Fsp3) is 0.667. The molecule has 0 amide bonds. The maximum Gasteiger partial charge on any atom is 0.0107 e. The summed E-state index contributed by atoms with van der Waals surface area (Å²) in [5.74, 6) is 2.09. The Morgan fingerprint density at radius 1 is 1.20 bits per heavy atom. The lowest BCUT2D eigenvalue weighted by atomic mass is 9.93. The Morgan fingerprint density at radius 2 is 2.05 bits per heavy atom. The van der Waals surface area contributed by atoms with Gasteiger partial charge in [0.05, 0.1) is 0 Å². The first kappa shape index (κ1) is 15.9. The molecule has 20 heavy (non-hydrogen) atoms. The van der Waals surface area contributed by atoms with Gasteiger partial charge >= 0.3 is 0 Å². The van der Waals surface area contributed by atoms with Gasteiger partial charge in [-0.3, -0.25) is 0 Å². The molecule has 2 atom stereocenters. The van der Waals surface area contributed by atoms with E-state index < -0.39 is 0 Å². The van der Waals surface area contributed by atoms with E-state index in [-0.39, 0.29) is 0 Å². The average molecular weight is 292 g/mol. The smallest absolute Gasteiger partial charge is 0.0107 e. The zero-order valence-electron chi connectivity index (χ0n) is 13.0. The van der Waals surface area contributed by atoms with Gasteiger partial charge in [-0.25, -0.2) is 0 Å². The molecule has 0 aliphatic carbocycles.